The van der Waals surface area contributed by atoms with Crippen LogP contribution in [0.1, 0.15) is 0 Å². The summed E-state index contributed by atoms with van der Waals surface area (Å²) in [6.07, 6.45) is 3.75. The Kier molecular flexibility index (Phi) is 1.63. The Morgan fingerprint density at radius 1 is 1.75 bits per heavy atom. The van der Waals surface area contributed by atoms with Gasteiger partial charge in [0.2, 0.25) is 0 Å². The van der Waals surface area contributed by atoms with Gasteiger partial charge in [-0.1, -0.05) is 6.58 Å². The Hall–Kier alpha value is -0.370. The van der Waals surface area contributed by atoms with Crippen molar-refractivity contribution in [2.24, 2.45) is 4.99 Å². The molecule has 0 aromatic carbocycles. The zero-order valence-corrected chi connectivity index (χ0v) is 5.98. The van der Waals surface area contributed by atoms with Crippen molar-refractivity contribution < 1.29 is 0 Å². The zero-order valence-electron chi connectivity index (χ0n) is 4.39. The van der Waals surface area contributed by atoms with E-state index < -0.39 is 0 Å². The minimum atomic E-state index is 0.745. The van der Waals surface area contributed by atoms with E-state index in [9.17, 15) is 0 Å². The summed E-state index contributed by atoms with van der Waals surface area (Å²) in [5.41, 5.74) is 1.05. The highest BCUT2D eigenvalue weighted by molar-refractivity contribution is 9.12. The van der Waals surface area contributed by atoms with E-state index >= 15 is 0 Å². The third-order valence-corrected chi connectivity index (χ3v) is 1.28. The fourth-order valence-corrected chi connectivity index (χ4v) is 0.997. The molecule has 0 atom stereocenters. The zero-order chi connectivity index (χ0) is 5.98. The van der Waals surface area contributed by atoms with Crippen molar-refractivity contribution in [2.45, 2.75) is 0 Å². The van der Waals surface area contributed by atoms with E-state index in [0.29, 0.717) is 0 Å². The number of rotatable bonds is 0. The first kappa shape index (κ1) is 5.76. The molecule has 0 N–H and O–H groups in total. The maximum atomic E-state index is 4.00. The molecule has 0 saturated heterocycles. The summed E-state index contributed by atoms with van der Waals surface area (Å²) in [4.78, 5) is 4.00. The molecule has 0 aromatic rings. The summed E-state index contributed by atoms with van der Waals surface area (Å²) in [7, 11) is 0. The van der Waals surface area contributed by atoms with Crippen molar-refractivity contribution in [3.8, 4) is 0 Å². The molecule has 1 nitrogen and oxygen atoms in total. The second-order valence-corrected chi connectivity index (χ2v) is 2.57. The Bertz CT molecular complexity index is 167. The van der Waals surface area contributed by atoms with Crippen molar-refractivity contribution in [1.82, 2.24) is 0 Å². The first-order valence-corrected chi connectivity index (χ1v) is 3.13. The highest BCUT2D eigenvalue weighted by atomic mass is 79.9. The van der Waals surface area contributed by atoms with Gasteiger partial charge in [-0.15, -0.1) is 0 Å². The maximum Gasteiger partial charge on any atom is 0.0634 e. The molecule has 0 spiro atoms. The minimum Gasteiger partial charge on any atom is -0.287 e. The molecule has 1 rings (SSSR count). The largest absolute Gasteiger partial charge is 0.287 e. The van der Waals surface area contributed by atoms with Gasteiger partial charge in [-0.2, -0.15) is 0 Å². The molecule has 0 fully saturated rings. The first-order valence-electron chi connectivity index (χ1n) is 2.34. The molecular formula is C6H6BrN. The molecule has 1 aliphatic heterocycles. The molecule has 0 bridgehead atoms. The van der Waals surface area contributed by atoms with Crippen LogP contribution in [0.3, 0.4) is 0 Å². The van der Waals surface area contributed by atoms with Gasteiger partial charge in [-0.3, -0.25) is 4.99 Å². The van der Waals surface area contributed by atoms with E-state index in [2.05, 4.69) is 27.5 Å². The number of nitrogens with zero attached hydrogens (tertiary/aromatic N) is 1. The maximum absolute atomic E-state index is 4.00. The summed E-state index contributed by atoms with van der Waals surface area (Å²) in [5, 5.41) is 0. The van der Waals surface area contributed by atoms with Crippen LogP contribution in [0.5, 0.6) is 0 Å². The lowest BCUT2D eigenvalue weighted by Gasteiger charge is -1.99. The third-order valence-electron chi connectivity index (χ3n) is 0.851. The van der Waals surface area contributed by atoms with E-state index in [-0.39, 0.29) is 0 Å². The second kappa shape index (κ2) is 2.27. The van der Waals surface area contributed by atoms with Crippen LogP contribution in [0.15, 0.2) is 27.7 Å². The smallest absolute Gasteiger partial charge is 0.0634 e. The summed E-state index contributed by atoms with van der Waals surface area (Å²) in [5.74, 6) is 0. The lowest BCUT2D eigenvalue weighted by atomic mass is 10.2. The van der Waals surface area contributed by atoms with Crippen LogP contribution < -0.4 is 0 Å². The number of aliphatic imine (C=N–C) groups is 1. The molecule has 0 unspecified atom stereocenters. The van der Waals surface area contributed by atoms with Gasteiger partial charge in [0.1, 0.15) is 0 Å². The van der Waals surface area contributed by atoms with Crippen molar-refractivity contribution in [1.29, 1.82) is 0 Å². The lowest BCUT2D eigenvalue weighted by Crippen LogP contribution is -1.90. The van der Waals surface area contributed by atoms with Crippen LogP contribution in [0.2, 0.25) is 0 Å². The molecule has 0 radical (unpaired) electrons. The standard InChI is InChI=1S/C6H6BrN/c1-5-2-6(7)4-8-3-5/h2,4H,1,3H2. The van der Waals surface area contributed by atoms with Crippen molar-refractivity contribution >= 4 is 22.1 Å². The van der Waals surface area contributed by atoms with Gasteiger partial charge in [0.05, 0.1) is 6.54 Å². The Morgan fingerprint density at radius 2 is 2.50 bits per heavy atom. The number of halogens is 1. The van der Waals surface area contributed by atoms with Gasteiger partial charge in [0.15, 0.2) is 0 Å². The predicted octanol–water partition coefficient (Wildman–Crippen LogP) is 1.91. The van der Waals surface area contributed by atoms with E-state index in [1.54, 1.807) is 6.21 Å². The summed E-state index contributed by atoms with van der Waals surface area (Å²) < 4.78 is 1.01. The molecule has 1 aliphatic rings. The average molecular weight is 172 g/mol. The molecular weight excluding hydrogens is 166 g/mol. The van der Waals surface area contributed by atoms with Gasteiger partial charge < -0.3 is 0 Å². The molecule has 42 valence electrons. The average Bonchev–Trinajstić information content (AvgIpc) is 1.64. The molecule has 0 aromatic heterocycles. The predicted molar refractivity (Wildman–Crippen MR) is 39.5 cm³/mol. The van der Waals surface area contributed by atoms with E-state index in [4.69, 9.17) is 0 Å². The Morgan fingerprint density at radius 3 is 2.88 bits per heavy atom. The van der Waals surface area contributed by atoms with Crippen LogP contribution in [0, 0.1) is 0 Å². The summed E-state index contributed by atoms with van der Waals surface area (Å²) in [6, 6.07) is 0. The molecule has 0 aliphatic carbocycles. The van der Waals surface area contributed by atoms with Gasteiger partial charge in [0.25, 0.3) is 0 Å². The number of dihydropyridines is 1. The van der Waals surface area contributed by atoms with Crippen LogP contribution in [-0.2, 0) is 0 Å². The highest BCUT2D eigenvalue weighted by Gasteiger charge is 1.94. The van der Waals surface area contributed by atoms with Gasteiger partial charge >= 0.3 is 0 Å². The monoisotopic (exact) mass is 171 g/mol. The van der Waals surface area contributed by atoms with Crippen molar-refractivity contribution in [3.05, 3.63) is 22.7 Å². The number of hydrogen-bond donors (Lipinski definition) is 0. The number of allylic oxidation sites excluding steroid dienone is 1. The van der Waals surface area contributed by atoms with Crippen LogP contribution >= 0.6 is 15.9 Å². The lowest BCUT2D eigenvalue weighted by molar-refractivity contribution is 1.19. The summed E-state index contributed by atoms with van der Waals surface area (Å²) >= 11 is 3.28. The van der Waals surface area contributed by atoms with E-state index in [1.165, 1.54) is 0 Å². The van der Waals surface area contributed by atoms with E-state index in [1.807, 2.05) is 6.08 Å². The van der Waals surface area contributed by atoms with Crippen LogP contribution in [0.4, 0.5) is 0 Å². The normalized spacial score (nSPS) is 18.6. The van der Waals surface area contributed by atoms with Crippen molar-refractivity contribution in [2.75, 3.05) is 6.54 Å². The Balaban J connectivity index is 2.77. The SMILES string of the molecule is C=C1C=C(Br)C=NC1. The minimum absolute atomic E-state index is 0.745. The van der Waals surface area contributed by atoms with E-state index in [0.717, 1.165) is 16.6 Å². The van der Waals surface area contributed by atoms with Gasteiger partial charge in [0, 0.05) is 10.7 Å². The van der Waals surface area contributed by atoms with Crippen LogP contribution in [0.25, 0.3) is 0 Å². The molecule has 0 saturated carbocycles. The molecule has 0 amide bonds. The molecule has 8 heavy (non-hydrogen) atoms. The molecule has 2 heteroatoms. The summed E-state index contributed by atoms with van der Waals surface area (Å²) in [6.45, 7) is 4.49. The molecule has 1 heterocycles. The van der Waals surface area contributed by atoms with Crippen LogP contribution in [-0.4, -0.2) is 12.8 Å². The third kappa shape index (κ3) is 1.30. The van der Waals surface area contributed by atoms with Gasteiger partial charge in [-0.25, -0.2) is 0 Å². The van der Waals surface area contributed by atoms with Crippen molar-refractivity contribution in [3.63, 3.8) is 0 Å². The second-order valence-electron chi connectivity index (χ2n) is 1.66. The first-order chi connectivity index (χ1) is 3.79. The topological polar surface area (TPSA) is 12.4 Å². The Labute approximate surface area is 56.9 Å². The number of hydrogen-bond acceptors (Lipinski definition) is 1. The van der Waals surface area contributed by atoms with Gasteiger partial charge in [-0.05, 0) is 27.6 Å². The quantitative estimate of drug-likeness (QED) is 0.529. The highest BCUT2D eigenvalue weighted by Crippen LogP contribution is 2.10. The fraction of sp³-hybridized carbons (Fsp3) is 0.167. The fourth-order valence-electron chi connectivity index (χ4n) is 0.528.